The number of nitrogens with zero attached hydrogens (tertiary/aromatic N) is 2. The van der Waals surface area contributed by atoms with Crippen LogP contribution in [-0.4, -0.2) is 24.6 Å². The van der Waals surface area contributed by atoms with Gasteiger partial charge in [0.2, 0.25) is 5.95 Å². The molecule has 0 saturated heterocycles. The van der Waals surface area contributed by atoms with Crippen molar-refractivity contribution in [3.8, 4) is 0 Å². The zero-order valence-electron chi connectivity index (χ0n) is 7.06. The van der Waals surface area contributed by atoms with Crippen LogP contribution in [0.25, 0.3) is 0 Å². The van der Waals surface area contributed by atoms with E-state index in [4.69, 9.17) is 11.5 Å². The van der Waals surface area contributed by atoms with E-state index in [-0.39, 0.29) is 17.5 Å². The summed E-state index contributed by atoms with van der Waals surface area (Å²) in [4.78, 5) is 7.32. The molecule has 0 unspecified atom stereocenters. The molecule has 6 nitrogen and oxygen atoms in total. The van der Waals surface area contributed by atoms with Crippen molar-refractivity contribution in [2.24, 2.45) is 5.73 Å². The van der Waals surface area contributed by atoms with Crippen molar-refractivity contribution >= 4 is 15.8 Å². The number of aromatic nitrogens is 2. The third-order valence-corrected chi connectivity index (χ3v) is 2.33. The van der Waals surface area contributed by atoms with Crippen molar-refractivity contribution in [2.75, 3.05) is 12.0 Å². The van der Waals surface area contributed by atoms with Gasteiger partial charge < -0.3 is 11.5 Å². The summed E-state index contributed by atoms with van der Waals surface area (Å²) < 4.78 is 22.1. The Bertz CT molecular complexity index is 415. The van der Waals surface area contributed by atoms with Crippen molar-refractivity contribution in [1.82, 2.24) is 9.97 Å². The zero-order chi connectivity index (χ0) is 10.1. The Morgan fingerprint density at radius 1 is 1.46 bits per heavy atom. The summed E-state index contributed by atoms with van der Waals surface area (Å²) in [6, 6.07) is 1.31. The fourth-order valence-corrected chi connectivity index (χ4v) is 1.40. The van der Waals surface area contributed by atoms with Crippen molar-refractivity contribution in [3.05, 3.63) is 11.8 Å². The zero-order valence-corrected chi connectivity index (χ0v) is 7.87. The van der Waals surface area contributed by atoms with E-state index in [1.54, 1.807) is 0 Å². The molecule has 0 atom stereocenters. The molecule has 1 aromatic rings. The van der Waals surface area contributed by atoms with E-state index in [1.165, 1.54) is 6.07 Å². The Morgan fingerprint density at radius 2 is 2.08 bits per heavy atom. The number of nitrogen functional groups attached to an aromatic ring is 1. The molecule has 0 amide bonds. The van der Waals surface area contributed by atoms with Gasteiger partial charge in [-0.15, -0.1) is 0 Å². The summed E-state index contributed by atoms with van der Waals surface area (Å²) in [5.41, 5.74) is 11.0. The lowest BCUT2D eigenvalue weighted by atomic mass is 10.4. The first kappa shape index (κ1) is 9.87. The molecule has 13 heavy (non-hydrogen) atoms. The second-order valence-electron chi connectivity index (χ2n) is 2.53. The molecule has 0 spiro atoms. The van der Waals surface area contributed by atoms with Crippen molar-refractivity contribution in [3.63, 3.8) is 0 Å². The molecule has 0 aliphatic carbocycles. The maximum absolute atomic E-state index is 11.1. The van der Waals surface area contributed by atoms with Crippen LogP contribution in [-0.2, 0) is 16.4 Å². The fraction of sp³-hybridized carbons (Fsp3) is 0.333. The van der Waals surface area contributed by atoms with Crippen LogP contribution < -0.4 is 11.5 Å². The summed E-state index contributed by atoms with van der Waals surface area (Å²) in [7, 11) is -3.34. The molecule has 1 rings (SSSR count). The average Bonchev–Trinajstić information content (AvgIpc) is 2.01. The number of rotatable bonds is 2. The monoisotopic (exact) mass is 202 g/mol. The van der Waals surface area contributed by atoms with Gasteiger partial charge in [-0.25, -0.2) is 18.4 Å². The number of sulfone groups is 1. The Labute approximate surface area is 75.9 Å². The predicted octanol–water partition coefficient (Wildman–Crippen LogP) is -1.08. The Balaban J connectivity index is 3.33. The minimum Gasteiger partial charge on any atom is -0.368 e. The maximum atomic E-state index is 11.1. The Hall–Kier alpha value is -1.21. The second kappa shape index (κ2) is 3.27. The molecule has 0 radical (unpaired) electrons. The molecule has 72 valence electrons. The molecule has 0 saturated carbocycles. The van der Waals surface area contributed by atoms with E-state index < -0.39 is 9.84 Å². The van der Waals surface area contributed by atoms with Gasteiger partial charge in [0.1, 0.15) is 0 Å². The predicted molar refractivity (Wildman–Crippen MR) is 47.4 cm³/mol. The van der Waals surface area contributed by atoms with Crippen LogP contribution in [0.3, 0.4) is 0 Å². The molecular formula is C6H10N4O2S. The van der Waals surface area contributed by atoms with Crippen LogP contribution in [0.4, 0.5) is 5.95 Å². The highest BCUT2D eigenvalue weighted by molar-refractivity contribution is 7.90. The molecule has 7 heteroatoms. The van der Waals surface area contributed by atoms with Crippen molar-refractivity contribution < 1.29 is 8.42 Å². The molecule has 1 aromatic heterocycles. The third kappa shape index (κ3) is 2.36. The summed E-state index contributed by atoms with van der Waals surface area (Å²) in [5.74, 6) is -0.0802. The summed E-state index contributed by atoms with van der Waals surface area (Å²) in [6.07, 6.45) is 1.05. The van der Waals surface area contributed by atoms with Crippen LogP contribution in [0.1, 0.15) is 5.69 Å². The molecule has 0 aliphatic rings. The van der Waals surface area contributed by atoms with Crippen LogP contribution in [0.15, 0.2) is 11.1 Å². The van der Waals surface area contributed by atoms with E-state index in [0.717, 1.165) is 6.26 Å². The van der Waals surface area contributed by atoms with E-state index in [9.17, 15) is 8.42 Å². The number of anilines is 1. The average molecular weight is 202 g/mol. The summed E-state index contributed by atoms with van der Waals surface area (Å²) in [5, 5.41) is -0.0968. The highest BCUT2D eigenvalue weighted by Gasteiger charge is 2.11. The lowest BCUT2D eigenvalue weighted by molar-refractivity contribution is 0.597. The lowest BCUT2D eigenvalue weighted by Gasteiger charge is -2.01. The van der Waals surface area contributed by atoms with Gasteiger partial charge in [0.15, 0.2) is 14.9 Å². The largest absolute Gasteiger partial charge is 0.368 e. The van der Waals surface area contributed by atoms with Gasteiger partial charge in [0.05, 0.1) is 5.69 Å². The van der Waals surface area contributed by atoms with Gasteiger partial charge in [0, 0.05) is 12.8 Å². The van der Waals surface area contributed by atoms with Gasteiger partial charge in [0.25, 0.3) is 0 Å². The highest BCUT2D eigenvalue weighted by atomic mass is 32.2. The summed E-state index contributed by atoms with van der Waals surface area (Å²) in [6.45, 7) is 0.134. The van der Waals surface area contributed by atoms with Crippen LogP contribution >= 0.6 is 0 Å². The topological polar surface area (TPSA) is 112 Å². The number of hydrogen-bond donors (Lipinski definition) is 2. The minimum atomic E-state index is -3.34. The van der Waals surface area contributed by atoms with Gasteiger partial charge in [-0.05, 0) is 6.07 Å². The molecule has 0 fully saturated rings. The van der Waals surface area contributed by atoms with Gasteiger partial charge in [-0.2, -0.15) is 0 Å². The van der Waals surface area contributed by atoms with Crippen molar-refractivity contribution in [2.45, 2.75) is 11.6 Å². The maximum Gasteiger partial charge on any atom is 0.221 e. The number of nitrogens with two attached hydrogens (primary N) is 2. The Morgan fingerprint density at radius 3 is 2.54 bits per heavy atom. The second-order valence-corrected chi connectivity index (χ2v) is 4.49. The Kier molecular flexibility index (Phi) is 2.48. The highest BCUT2D eigenvalue weighted by Crippen LogP contribution is 2.08. The van der Waals surface area contributed by atoms with E-state index in [2.05, 4.69) is 9.97 Å². The number of hydrogen-bond acceptors (Lipinski definition) is 6. The quantitative estimate of drug-likeness (QED) is 0.590. The molecule has 4 N–H and O–H groups in total. The van der Waals surface area contributed by atoms with Crippen LogP contribution in [0.5, 0.6) is 0 Å². The first-order valence-corrected chi connectivity index (χ1v) is 5.36. The summed E-state index contributed by atoms with van der Waals surface area (Å²) >= 11 is 0. The van der Waals surface area contributed by atoms with Gasteiger partial charge in [-0.3, -0.25) is 0 Å². The first-order chi connectivity index (χ1) is 5.93. The molecule has 0 aliphatic heterocycles. The standard InChI is InChI=1S/C6H10N4O2S/c1-13(11,12)5-2-4(3-7)9-6(8)10-5/h2H,3,7H2,1H3,(H2,8,9,10). The van der Waals surface area contributed by atoms with Gasteiger partial charge >= 0.3 is 0 Å². The normalized spacial score (nSPS) is 11.5. The smallest absolute Gasteiger partial charge is 0.221 e. The van der Waals surface area contributed by atoms with Crippen LogP contribution in [0.2, 0.25) is 0 Å². The lowest BCUT2D eigenvalue weighted by Crippen LogP contribution is -2.09. The van der Waals surface area contributed by atoms with Gasteiger partial charge in [-0.1, -0.05) is 0 Å². The van der Waals surface area contributed by atoms with E-state index >= 15 is 0 Å². The molecule has 0 bridgehead atoms. The SMILES string of the molecule is CS(=O)(=O)c1cc(CN)nc(N)n1. The first-order valence-electron chi connectivity index (χ1n) is 3.47. The molecule has 0 aromatic carbocycles. The van der Waals surface area contributed by atoms with E-state index in [1.807, 2.05) is 0 Å². The van der Waals surface area contributed by atoms with E-state index in [0.29, 0.717) is 5.69 Å². The molecule has 1 heterocycles. The third-order valence-electron chi connectivity index (χ3n) is 1.36. The van der Waals surface area contributed by atoms with Crippen molar-refractivity contribution in [1.29, 1.82) is 0 Å². The minimum absolute atomic E-state index is 0.0802. The fourth-order valence-electron chi connectivity index (χ4n) is 0.787. The van der Waals surface area contributed by atoms with Crippen LogP contribution in [0, 0.1) is 0 Å². The molecular weight excluding hydrogens is 192 g/mol.